The van der Waals surface area contributed by atoms with Gasteiger partial charge < -0.3 is 4.18 Å². The van der Waals surface area contributed by atoms with Crippen molar-refractivity contribution in [2.75, 3.05) is 0 Å². The molecule has 0 aromatic heterocycles. The fourth-order valence-corrected chi connectivity index (χ4v) is 1.54. The Bertz CT molecular complexity index is 533. The first kappa shape index (κ1) is 19.5. The molecule has 0 aromatic carbocycles. The van der Waals surface area contributed by atoms with E-state index in [2.05, 4.69) is 10.8 Å². The summed E-state index contributed by atoms with van der Waals surface area (Å²) in [5, 5.41) is -7.06. The molecule has 0 saturated carbocycles. The number of alkyl halides is 9. The molecule has 0 aliphatic heterocycles. The first-order valence-electron chi connectivity index (χ1n) is 4.26. The zero-order valence-electron chi connectivity index (χ0n) is 9.23. The second-order valence-electron chi connectivity index (χ2n) is 3.22. The van der Waals surface area contributed by atoms with Crippen molar-refractivity contribution >= 4 is 16.1 Å². The van der Waals surface area contributed by atoms with Gasteiger partial charge in [0.25, 0.3) is 0 Å². The van der Waals surface area contributed by atoms with Gasteiger partial charge >= 0.3 is 39.4 Å². The van der Waals surface area contributed by atoms with Crippen molar-refractivity contribution in [2.45, 2.75) is 23.3 Å². The van der Waals surface area contributed by atoms with Gasteiger partial charge in [0, 0.05) is 6.08 Å². The number of halogens is 9. The van der Waals surface area contributed by atoms with E-state index >= 15 is 0 Å². The molecule has 0 bridgehead atoms. The number of carbonyl (C=O) groups is 1. The van der Waals surface area contributed by atoms with Crippen LogP contribution in [0.3, 0.4) is 0 Å². The normalized spacial score (nSPS) is 14.7. The molecule has 0 amide bonds. The van der Waals surface area contributed by atoms with E-state index in [1.54, 1.807) is 0 Å². The van der Waals surface area contributed by atoms with Gasteiger partial charge in [-0.1, -0.05) is 6.58 Å². The molecule has 0 aliphatic carbocycles. The molecule has 0 aliphatic rings. The summed E-state index contributed by atoms with van der Waals surface area (Å²) in [4.78, 5) is 10.3. The predicted octanol–water partition coefficient (Wildman–Crippen LogP) is 2.47. The van der Waals surface area contributed by atoms with Gasteiger partial charge in [-0.25, -0.2) is 4.79 Å². The fourth-order valence-electron chi connectivity index (χ4n) is 0.712. The van der Waals surface area contributed by atoms with E-state index in [0.717, 1.165) is 0 Å². The molecule has 0 aromatic rings. The van der Waals surface area contributed by atoms with Crippen LogP contribution >= 0.6 is 0 Å². The summed E-state index contributed by atoms with van der Waals surface area (Å²) in [7, 11) is -7.16. The molecule has 124 valence electrons. The molecule has 0 heterocycles. The van der Waals surface area contributed by atoms with Crippen LogP contribution in [0.4, 0.5) is 39.5 Å². The second kappa shape index (κ2) is 5.06. The lowest BCUT2D eigenvalue weighted by Crippen LogP contribution is -2.63. The lowest BCUT2D eigenvalue weighted by atomic mass is 10.1. The Hall–Kier alpha value is -1.47. The van der Waals surface area contributed by atoms with E-state index in [4.69, 9.17) is 0 Å². The van der Waals surface area contributed by atoms with E-state index in [1.165, 1.54) is 0 Å². The molecule has 0 N–H and O–H groups in total. The molecule has 0 saturated heterocycles. The molecule has 0 fully saturated rings. The maximum atomic E-state index is 12.9. The Morgan fingerprint density at radius 1 is 0.905 bits per heavy atom. The Kier molecular flexibility index (Phi) is 4.71. The van der Waals surface area contributed by atoms with E-state index in [0.29, 0.717) is 0 Å². The van der Waals surface area contributed by atoms with Gasteiger partial charge in [0.2, 0.25) is 0 Å². The maximum Gasteiger partial charge on any atom is 0.460 e. The third-order valence-corrected chi connectivity index (χ3v) is 3.06. The molecule has 4 nitrogen and oxygen atoms in total. The number of hydrogen-bond acceptors (Lipinski definition) is 4. The molecule has 0 atom stereocenters. The van der Waals surface area contributed by atoms with Crippen molar-refractivity contribution in [3.05, 3.63) is 12.7 Å². The zero-order valence-corrected chi connectivity index (χ0v) is 10.0. The van der Waals surface area contributed by atoms with E-state index in [1.807, 2.05) is 0 Å². The summed E-state index contributed by atoms with van der Waals surface area (Å²) in [6.45, 7) is 2.48. The van der Waals surface area contributed by atoms with Crippen molar-refractivity contribution in [1.29, 1.82) is 0 Å². The van der Waals surface area contributed by atoms with Crippen molar-refractivity contribution in [3.63, 3.8) is 0 Å². The molecule has 14 heteroatoms. The average Bonchev–Trinajstić information content (AvgIpc) is 2.25. The topological polar surface area (TPSA) is 60.4 Å². The minimum absolute atomic E-state index is 0.131. The lowest BCUT2D eigenvalue weighted by molar-refractivity contribution is -0.382. The van der Waals surface area contributed by atoms with Crippen molar-refractivity contribution in [3.8, 4) is 0 Å². The lowest BCUT2D eigenvalue weighted by Gasteiger charge is -2.32. The van der Waals surface area contributed by atoms with E-state index in [-0.39, 0.29) is 6.08 Å². The highest BCUT2D eigenvalue weighted by Crippen LogP contribution is 2.54. The van der Waals surface area contributed by atoms with Crippen molar-refractivity contribution in [2.24, 2.45) is 0 Å². The first-order chi connectivity index (χ1) is 8.95. The SMILES string of the molecule is C=CC(=O)OS(=O)(=O)C(F)(F)C(F)(F)C(F)(F)C(F)(F)F. The summed E-state index contributed by atoms with van der Waals surface area (Å²) in [5.41, 5.74) is 0. The molecule has 0 rings (SSSR count). The average molecular weight is 354 g/mol. The van der Waals surface area contributed by atoms with Crippen LogP contribution < -0.4 is 0 Å². The van der Waals surface area contributed by atoms with Crippen molar-refractivity contribution in [1.82, 2.24) is 0 Å². The van der Waals surface area contributed by atoms with Crippen LogP contribution in [0.25, 0.3) is 0 Å². The Morgan fingerprint density at radius 3 is 1.57 bits per heavy atom. The van der Waals surface area contributed by atoms with E-state index in [9.17, 15) is 52.7 Å². The highest BCUT2D eigenvalue weighted by molar-refractivity contribution is 7.88. The number of rotatable bonds is 5. The minimum Gasteiger partial charge on any atom is -0.337 e. The largest absolute Gasteiger partial charge is 0.460 e. The van der Waals surface area contributed by atoms with Gasteiger partial charge in [-0.2, -0.15) is 47.9 Å². The quantitative estimate of drug-likeness (QED) is 0.432. The monoisotopic (exact) mass is 354 g/mol. The van der Waals surface area contributed by atoms with Crippen LogP contribution in [0.2, 0.25) is 0 Å². The molecular weight excluding hydrogens is 351 g/mol. The summed E-state index contributed by atoms with van der Waals surface area (Å²) in [6, 6.07) is 0. The second-order valence-corrected chi connectivity index (χ2v) is 4.81. The standard InChI is InChI=1S/C7H3F9O4S/c1-2-3(17)20-21(18,19)7(15,16)5(10,11)4(8,9)6(12,13)14/h2H,1H2. The van der Waals surface area contributed by atoms with Gasteiger partial charge in [-0.15, -0.1) is 0 Å². The van der Waals surface area contributed by atoms with Crippen LogP contribution in [0.15, 0.2) is 12.7 Å². The van der Waals surface area contributed by atoms with E-state index < -0.39 is 39.4 Å². The minimum atomic E-state index is -7.45. The molecule has 0 spiro atoms. The van der Waals surface area contributed by atoms with Gasteiger partial charge in [-0.3, -0.25) is 0 Å². The fraction of sp³-hybridized carbons (Fsp3) is 0.571. The van der Waals surface area contributed by atoms with Gasteiger partial charge in [0.1, 0.15) is 0 Å². The summed E-state index contributed by atoms with van der Waals surface area (Å²) < 4.78 is 135. The summed E-state index contributed by atoms with van der Waals surface area (Å²) in [6.07, 6.45) is -7.33. The van der Waals surface area contributed by atoms with Crippen LogP contribution in [0.5, 0.6) is 0 Å². The molecular formula is C7H3F9O4S. The first-order valence-corrected chi connectivity index (χ1v) is 5.67. The van der Waals surface area contributed by atoms with Crippen LogP contribution in [-0.4, -0.2) is 37.7 Å². The van der Waals surface area contributed by atoms with Crippen LogP contribution in [-0.2, 0) is 19.1 Å². The van der Waals surface area contributed by atoms with Gasteiger partial charge in [0.05, 0.1) is 0 Å². The highest BCUT2D eigenvalue weighted by atomic mass is 32.2. The molecule has 21 heavy (non-hydrogen) atoms. The Labute approximate surface area is 110 Å². The molecule has 0 radical (unpaired) electrons. The summed E-state index contributed by atoms with van der Waals surface area (Å²) >= 11 is 0. The third kappa shape index (κ3) is 2.94. The Balaban J connectivity index is 6.01. The summed E-state index contributed by atoms with van der Waals surface area (Å²) in [5.74, 6) is -17.2. The van der Waals surface area contributed by atoms with Crippen LogP contribution in [0.1, 0.15) is 0 Å². The van der Waals surface area contributed by atoms with Crippen molar-refractivity contribution < 1.29 is 56.9 Å². The Morgan fingerprint density at radius 2 is 1.29 bits per heavy atom. The maximum absolute atomic E-state index is 12.9. The van der Waals surface area contributed by atoms with Crippen LogP contribution in [0, 0.1) is 0 Å². The molecule has 0 unspecified atom stereocenters. The number of carbonyl (C=O) groups excluding carboxylic acids is 1. The highest BCUT2D eigenvalue weighted by Gasteiger charge is 2.86. The smallest absolute Gasteiger partial charge is 0.337 e. The van der Waals surface area contributed by atoms with Gasteiger partial charge in [0.15, 0.2) is 0 Å². The predicted molar refractivity (Wildman–Crippen MR) is 46.1 cm³/mol. The zero-order chi connectivity index (χ0) is 17.5. The third-order valence-electron chi connectivity index (χ3n) is 1.79. The van der Waals surface area contributed by atoms with Gasteiger partial charge in [-0.05, 0) is 0 Å². The number of hydrogen-bond donors (Lipinski definition) is 0.